The van der Waals surface area contributed by atoms with Crippen LogP contribution in [0.2, 0.25) is 5.28 Å². The van der Waals surface area contributed by atoms with E-state index in [0.717, 1.165) is 19.4 Å². The molecule has 2 rings (SSSR count). The van der Waals surface area contributed by atoms with Crippen molar-refractivity contribution in [2.75, 3.05) is 37.0 Å². The molecule has 0 spiro atoms. The highest BCUT2D eigenvalue weighted by Crippen LogP contribution is 2.24. The van der Waals surface area contributed by atoms with Crippen molar-refractivity contribution in [1.82, 2.24) is 15.0 Å². The van der Waals surface area contributed by atoms with Crippen molar-refractivity contribution in [3.05, 3.63) is 5.28 Å². The van der Waals surface area contributed by atoms with Crippen molar-refractivity contribution < 1.29 is 5.11 Å². The van der Waals surface area contributed by atoms with Gasteiger partial charge in [-0.3, -0.25) is 0 Å². The first-order valence-electron chi connectivity index (χ1n) is 5.94. The Kier molecular flexibility index (Phi) is 3.59. The predicted molar refractivity (Wildman–Crippen MR) is 71.2 cm³/mol. The molecule has 18 heavy (non-hydrogen) atoms. The first kappa shape index (κ1) is 13.3. The van der Waals surface area contributed by atoms with Crippen LogP contribution < -0.4 is 9.80 Å². The van der Waals surface area contributed by atoms with Gasteiger partial charge < -0.3 is 14.9 Å². The summed E-state index contributed by atoms with van der Waals surface area (Å²) in [7, 11) is 3.70. The maximum Gasteiger partial charge on any atom is 0.231 e. The molecule has 6 nitrogen and oxygen atoms in total. The fourth-order valence-electron chi connectivity index (χ4n) is 2.06. The van der Waals surface area contributed by atoms with E-state index in [1.54, 1.807) is 4.90 Å². The van der Waals surface area contributed by atoms with Gasteiger partial charge in [0, 0.05) is 27.2 Å². The SMILES string of the molecule is CN(C)c1nc(Cl)nc(N2CCCC(C)(O)C2)n1. The lowest BCUT2D eigenvalue weighted by molar-refractivity contribution is 0.0444. The Balaban J connectivity index is 2.27. The van der Waals surface area contributed by atoms with Crippen LogP contribution in [-0.4, -0.2) is 52.8 Å². The number of rotatable bonds is 2. The van der Waals surface area contributed by atoms with Gasteiger partial charge in [-0.25, -0.2) is 0 Å². The Labute approximate surface area is 112 Å². The molecule has 1 atom stereocenters. The van der Waals surface area contributed by atoms with Gasteiger partial charge in [0.15, 0.2) is 0 Å². The summed E-state index contributed by atoms with van der Waals surface area (Å²) in [5, 5.41) is 10.3. The first-order valence-corrected chi connectivity index (χ1v) is 6.31. The molecule has 1 aromatic rings. The van der Waals surface area contributed by atoms with Crippen LogP contribution in [0.25, 0.3) is 0 Å². The molecule has 0 aromatic carbocycles. The quantitative estimate of drug-likeness (QED) is 0.864. The molecule has 7 heteroatoms. The molecular weight excluding hydrogens is 254 g/mol. The van der Waals surface area contributed by atoms with Gasteiger partial charge in [-0.2, -0.15) is 15.0 Å². The number of nitrogens with zero attached hydrogens (tertiary/aromatic N) is 5. The molecule has 1 unspecified atom stereocenters. The van der Waals surface area contributed by atoms with Crippen LogP contribution in [0.3, 0.4) is 0 Å². The van der Waals surface area contributed by atoms with Crippen molar-refractivity contribution in [2.24, 2.45) is 0 Å². The lowest BCUT2D eigenvalue weighted by Gasteiger charge is -2.36. The number of aromatic nitrogens is 3. The van der Waals surface area contributed by atoms with Crippen LogP contribution >= 0.6 is 11.6 Å². The van der Waals surface area contributed by atoms with Crippen LogP contribution in [0.1, 0.15) is 19.8 Å². The number of anilines is 2. The predicted octanol–water partition coefficient (Wildman–Crippen LogP) is 0.942. The minimum absolute atomic E-state index is 0.175. The van der Waals surface area contributed by atoms with E-state index in [4.69, 9.17) is 11.6 Å². The molecule has 0 radical (unpaired) electrons. The molecule has 2 heterocycles. The molecule has 100 valence electrons. The Hall–Kier alpha value is -1.14. The topological polar surface area (TPSA) is 65.4 Å². The van der Waals surface area contributed by atoms with Crippen LogP contribution in [0.15, 0.2) is 0 Å². The van der Waals surface area contributed by atoms with E-state index in [1.165, 1.54) is 0 Å². The van der Waals surface area contributed by atoms with E-state index in [9.17, 15) is 5.11 Å². The first-order chi connectivity index (χ1) is 8.37. The number of aliphatic hydroxyl groups is 1. The van der Waals surface area contributed by atoms with Crippen molar-refractivity contribution >= 4 is 23.5 Å². The van der Waals surface area contributed by atoms with E-state index in [2.05, 4.69) is 15.0 Å². The summed E-state index contributed by atoms with van der Waals surface area (Å²) in [6, 6.07) is 0. The highest BCUT2D eigenvalue weighted by Gasteiger charge is 2.30. The smallest absolute Gasteiger partial charge is 0.231 e. The summed E-state index contributed by atoms with van der Waals surface area (Å²) in [5.74, 6) is 1.05. The lowest BCUT2D eigenvalue weighted by atomic mass is 9.95. The van der Waals surface area contributed by atoms with Gasteiger partial charge in [-0.1, -0.05) is 0 Å². The standard InChI is InChI=1S/C11H18ClN5O/c1-11(18)5-4-6-17(7-11)10-14-8(12)13-9(15-10)16(2)3/h18H,4-7H2,1-3H3. The van der Waals surface area contributed by atoms with E-state index in [0.29, 0.717) is 18.4 Å². The average molecular weight is 272 g/mol. The molecule has 1 saturated heterocycles. The van der Waals surface area contributed by atoms with Crippen molar-refractivity contribution in [3.63, 3.8) is 0 Å². The Morgan fingerprint density at radius 2 is 2.06 bits per heavy atom. The maximum atomic E-state index is 10.1. The average Bonchev–Trinajstić information content (AvgIpc) is 2.26. The summed E-state index contributed by atoms with van der Waals surface area (Å²) in [4.78, 5) is 16.3. The van der Waals surface area contributed by atoms with Gasteiger partial charge in [-0.15, -0.1) is 0 Å². The van der Waals surface area contributed by atoms with Crippen LogP contribution in [0.4, 0.5) is 11.9 Å². The van der Waals surface area contributed by atoms with E-state index < -0.39 is 5.60 Å². The van der Waals surface area contributed by atoms with Crippen molar-refractivity contribution in [2.45, 2.75) is 25.4 Å². The van der Waals surface area contributed by atoms with Crippen molar-refractivity contribution in [3.8, 4) is 0 Å². The molecule has 0 aliphatic carbocycles. The minimum Gasteiger partial charge on any atom is -0.388 e. The molecule has 1 aromatic heterocycles. The lowest BCUT2D eigenvalue weighted by Crippen LogP contribution is -2.46. The molecule has 1 aliphatic heterocycles. The zero-order chi connectivity index (χ0) is 13.3. The highest BCUT2D eigenvalue weighted by atomic mass is 35.5. The number of β-amino-alcohol motifs (C(OH)–C–C–N with tert-alkyl or cyclic N) is 1. The summed E-state index contributed by atoms with van der Waals surface area (Å²) < 4.78 is 0. The summed E-state index contributed by atoms with van der Waals surface area (Å²) >= 11 is 5.91. The fourth-order valence-corrected chi connectivity index (χ4v) is 2.21. The number of halogens is 1. The molecule has 0 bridgehead atoms. The third-order valence-corrected chi connectivity index (χ3v) is 3.11. The molecule has 1 N–H and O–H groups in total. The Morgan fingerprint density at radius 3 is 2.67 bits per heavy atom. The second kappa shape index (κ2) is 4.85. The summed E-state index contributed by atoms with van der Waals surface area (Å²) in [6.07, 6.45) is 1.70. The van der Waals surface area contributed by atoms with Gasteiger partial charge in [0.1, 0.15) is 0 Å². The largest absolute Gasteiger partial charge is 0.388 e. The second-order valence-corrected chi connectivity index (χ2v) is 5.46. The van der Waals surface area contributed by atoms with E-state index >= 15 is 0 Å². The number of piperidine rings is 1. The molecular formula is C11H18ClN5O. The molecule has 1 fully saturated rings. The summed E-state index contributed by atoms with van der Waals surface area (Å²) in [5.41, 5.74) is -0.699. The number of hydrogen-bond donors (Lipinski definition) is 1. The highest BCUT2D eigenvalue weighted by molar-refractivity contribution is 6.28. The number of hydrogen-bond acceptors (Lipinski definition) is 6. The van der Waals surface area contributed by atoms with Crippen LogP contribution in [0, 0.1) is 0 Å². The van der Waals surface area contributed by atoms with Gasteiger partial charge >= 0.3 is 0 Å². The van der Waals surface area contributed by atoms with Crippen molar-refractivity contribution in [1.29, 1.82) is 0 Å². The monoisotopic (exact) mass is 271 g/mol. The van der Waals surface area contributed by atoms with Gasteiger partial charge in [0.25, 0.3) is 0 Å². The third kappa shape index (κ3) is 3.00. The van der Waals surface area contributed by atoms with Gasteiger partial charge in [0.2, 0.25) is 17.2 Å². The summed E-state index contributed by atoms with van der Waals surface area (Å²) in [6.45, 7) is 3.17. The zero-order valence-electron chi connectivity index (χ0n) is 10.9. The normalized spacial score (nSPS) is 24.2. The van der Waals surface area contributed by atoms with Crippen LogP contribution in [-0.2, 0) is 0 Å². The van der Waals surface area contributed by atoms with Gasteiger partial charge in [0.05, 0.1) is 5.60 Å². The maximum absolute atomic E-state index is 10.1. The zero-order valence-corrected chi connectivity index (χ0v) is 11.6. The van der Waals surface area contributed by atoms with E-state index in [-0.39, 0.29) is 5.28 Å². The fraction of sp³-hybridized carbons (Fsp3) is 0.727. The third-order valence-electron chi connectivity index (χ3n) is 2.94. The van der Waals surface area contributed by atoms with Gasteiger partial charge in [-0.05, 0) is 31.4 Å². The molecule has 0 amide bonds. The minimum atomic E-state index is -0.699. The molecule has 0 saturated carbocycles. The van der Waals surface area contributed by atoms with E-state index in [1.807, 2.05) is 25.9 Å². The Morgan fingerprint density at radius 1 is 1.33 bits per heavy atom. The Bertz CT molecular complexity index is 437. The molecule has 1 aliphatic rings. The van der Waals surface area contributed by atoms with Crippen LogP contribution in [0.5, 0.6) is 0 Å². The second-order valence-electron chi connectivity index (χ2n) is 5.12.